The fourth-order valence-corrected chi connectivity index (χ4v) is 2.76. The van der Waals surface area contributed by atoms with Gasteiger partial charge in [0.25, 0.3) is 0 Å². The van der Waals surface area contributed by atoms with Crippen LogP contribution in [0.1, 0.15) is 33.6 Å². The van der Waals surface area contributed by atoms with Gasteiger partial charge in [-0.25, -0.2) is 0 Å². The predicted molar refractivity (Wildman–Crippen MR) is 66.5 cm³/mol. The van der Waals surface area contributed by atoms with Crippen molar-refractivity contribution in [1.82, 2.24) is 10.2 Å². The molecule has 2 aliphatic rings. The Morgan fingerprint density at radius 2 is 2.24 bits per heavy atom. The quantitative estimate of drug-likeness (QED) is 0.803. The van der Waals surface area contributed by atoms with Gasteiger partial charge in [-0.1, -0.05) is 13.8 Å². The lowest BCUT2D eigenvalue weighted by molar-refractivity contribution is -0.131. The number of hydrogen-bond donors (Lipinski definition) is 1. The first-order valence-electron chi connectivity index (χ1n) is 6.71. The molecule has 3 unspecified atom stereocenters. The Morgan fingerprint density at radius 1 is 1.47 bits per heavy atom. The van der Waals surface area contributed by atoms with E-state index >= 15 is 0 Å². The number of carbonyl (C=O) groups excluding carboxylic acids is 1. The maximum atomic E-state index is 12.3. The molecule has 0 bridgehead atoms. The predicted octanol–water partition coefficient (Wildman–Crippen LogP) is 1.22. The van der Waals surface area contributed by atoms with Crippen molar-refractivity contribution < 1.29 is 9.53 Å². The minimum Gasteiger partial charge on any atom is -0.381 e. The molecule has 0 aliphatic carbocycles. The Morgan fingerprint density at radius 3 is 2.82 bits per heavy atom. The first-order valence-corrected chi connectivity index (χ1v) is 6.71. The first kappa shape index (κ1) is 12.8. The summed E-state index contributed by atoms with van der Waals surface area (Å²) in [7, 11) is 0. The van der Waals surface area contributed by atoms with E-state index in [2.05, 4.69) is 26.1 Å². The van der Waals surface area contributed by atoms with Crippen molar-refractivity contribution in [3.8, 4) is 0 Å². The number of carbonyl (C=O) groups is 1. The minimum absolute atomic E-state index is 0.0276. The lowest BCUT2D eigenvalue weighted by Crippen LogP contribution is -2.41. The third kappa shape index (κ3) is 2.80. The minimum atomic E-state index is 0.0276. The number of hydrogen-bond acceptors (Lipinski definition) is 3. The molecule has 2 heterocycles. The van der Waals surface area contributed by atoms with Gasteiger partial charge in [-0.2, -0.15) is 0 Å². The van der Waals surface area contributed by atoms with E-state index in [1.54, 1.807) is 0 Å². The summed E-state index contributed by atoms with van der Waals surface area (Å²) >= 11 is 0. The smallest absolute Gasteiger partial charge is 0.241 e. The SMILES string of the molecule is CC(C)CC1NCN(C(C)C2CCOC2)C1=O. The van der Waals surface area contributed by atoms with Gasteiger partial charge in [-0.3, -0.25) is 10.1 Å². The van der Waals surface area contributed by atoms with Gasteiger partial charge in [0.1, 0.15) is 0 Å². The first-order chi connectivity index (χ1) is 8.09. The van der Waals surface area contributed by atoms with Crippen LogP contribution in [0.5, 0.6) is 0 Å². The Bertz CT molecular complexity index is 275. The second-order valence-corrected chi connectivity index (χ2v) is 5.72. The highest BCUT2D eigenvalue weighted by atomic mass is 16.5. The number of rotatable bonds is 4. The molecule has 4 heteroatoms. The molecule has 0 aromatic heterocycles. The topological polar surface area (TPSA) is 41.6 Å². The van der Waals surface area contributed by atoms with Gasteiger partial charge in [-0.15, -0.1) is 0 Å². The summed E-state index contributed by atoms with van der Waals surface area (Å²) in [6.45, 7) is 8.82. The molecule has 0 aromatic rings. The molecule has 0 saturated carbocycles. The molecule has 17 heavy (non-hydrogen) atoms. The highest BCUT2D eigenvalue weighted by molar-refractivity contribution is 5.84. The maximum Gasteiger partial charge on any atom is 0.241 e. The zero-order valence-corrected chi connectivity index (χ0v) is 11.1. The zero-order chi connectivity index (χ0) is 12.4. The molecule has 3 atom stereocenters. The summed E-state index contributed by atoms with van der Waals surface area (Å²) in [6, 6.07) is 0.328. The van der Waals surface area contributed by atoms with Gasteiger partial charge >= 0.3 is 0 Å². The second-order valence-electron chi connectivity index (χ2n) is 5.72. The van der Waals surface area contributed by atoms with E-state index < -0.39 is 0 Å². The fourth-order valence-electron chi connectivity index (χ4n) is 2.76. The van der Waals surface area contributed by atoms with E-state index in [1.807, 2.05) is 4.90 Å². The molecule has 2 saturated heterocycles. The Hall–Kier alpha value is -0.610. The van der Waals surface area contributed by atoms with Crippen molar-refractivity contribution in [1.29, 1.82) is 0 Å². The van der Waals surface area contributed by atoms with E-state index in [-0.39, 0.29) is 11.9 Å². The van der Waals surface area contributed by atoms with Crippen molar-refractivity contribution in [3.05, 3.63) is 0 Å². The second kappa shape index (κ2) is 5.36. The summed E-state index contributed by atoms with van der Waals surface area (Å²) in [5, 5.41) is 3.33. The van der Waals surface area contributed by atoms with Gasteiger partial charge in [0.2, 0.25) is 5.91 Å². The molecule has 0 aromatic carbocycles. The van der Waals surface area contributed by atoms with E-state index in [0.29, 0.717) is 24.5 Å². The van der Waals surface area contributed by atoms with Crippen LogP contribution in [-0.2, 0) is 9.53 Å². The lowest BCUT2D eigenvalue weighted by Gasteiger charge is -2.28. The lowest BCUT2D eigenvalue weighted by atomic mass is 9.98. The summed E-state index contributed by atoms with van der Waals surface area (Å²) in [5.74, 6) is 1.35. The van der Waals surface area contributed by atoms with E-state index in [9.17, 15) is 4.79 Å². The molecule has 0 spiro atoms. The van der Waals surface area contributed by atoms with Crippen molar-refractivity contribution >= 4 is 5.91 Å². The van der Waals surface area contributed by atoms with Crippen LogP contribution in [0.25, 0.3) is 0 Å². The Kier molecular flexibility index (Phi) is 4.05. The average Bonchev–Trinajstić information content (AvgIpc) is 2.88. The molecule has 4 nitrogen and oxygen atoms in total. The van der Waals surface area contributed by atoms with Crippen LogP contribution in [-0.4, -0.2) is 42.8 Å². The van der Waals surface area contributed by atoms with E-state index in [4.69, 9.17) is 4.74 Å². The normalized spacial score (nSPS) is 31.5. The van der Waals surface area contributed by atoms with Gasteiger partial charge < -0.3 is 9.64 Å². The van der Waals surface area contributed by atoms with Crippen LogP contribution in [0.2, 0.25) is 0 Å². The van der Waals surface area contributed by atoms with Crippen molar-refractivity contribution in [3.63, 3.8) is 0 Å². The molecule has 98 valence electrons. The third-order valence-electron chi connectivity index (χ3n) is 3.94. The van der Waals surface area contributed by atoms with Gasteiger partial charge in [0, 0.05) is 18.6 Å². The molecule has 2 rings (SSSR count). The Labute approximate surface area is 104 Å². The highest BCUT2D eigenvalue weighted by Crippen LogP contribution is 2.24. The maximum absolute atomic E-state index is 12.3. The Balaban J connectivity index is 1.92. The van der Waals surface area contributed by atoms with Crippen LogP contribution in [0.15, 0.2) is 0 Å². The number of amides is 1. The number of nitrogens with zero attached hydrogens (tertiary/aromatic N) is 1. The molecule has 0 radical (unpaired) electrons. The van der Waals surface area contributed by atoms with Crippen LogP contribution in [0, 0.1) is 11.8 Å². The third-order valence-corrected chi connectivity index (χ3v) is 3.94. The largest absolute Gasteiger partial charge is 0.381 e. The molecule has 1 amide bonds. The van der Waals surface area contributed by atoms with Crippen LogP contribution >= 0.6 is 0 Å². The van der Waals surface area contributed by atoms with Crippen LogP contribution < -0.4 is 5.32 Å². The van der Waals surface area contributed by atoms with Crippen molar-refractivity contribution in [2.75, 3.05) is 19.9 Å². The summed E-state index contributed by atoms with van der Waals surface area (Å²) < 4.78 is 5.41. The summed E-state index contributed by atoms with van der Waals surface area (Å²) in [6.07, 6.45) is 2.02. The average molecular weight is 240 g/mol. The van der Waals surface area contributed by atoms with Crippen molar-refractivity contribution in [2.45, 2.75) is 45.7 Å². The van der Waals surface area contributed by atoms with Crippen molar-refractivity contribution in [2.24, 2.45) is 11.8 Å². The highest BCUT2D eigenvalue weighted by Gasteiger charge is 2.37. The molecular weight excluding hydrogens is 216 g/mol. The number of nitrogens with one attached hydrogen (secondary N) is 1. The van der Waals surface area contributed by atoms with Gasteiger partial charge in [0.05, 0.1) is 19.3 Å². The van der Waals surface area contributed by atoms with Gasteiger partial charge in [-0.05, 0) is 25.7 Å². The monoisotopic (exact) mass is 240 g/mol. The van der Waals surface area contributed by atoms with Gasteiger partial charge in [0.15, 0.2) is 0 Å². The van der Waals surface area contributed by atoms with E-state index in [1.165, 1.54) is 0 Å². The van der Waals surface area contributed by atoms with E-state index in [0.717, 1.165) is 26.1 Å². The molecule has 2 aliphatic heterocycles. The number of ether oxygens (including phenoxy) is 1. The fraction of sp³-hybridized carbons (Fsp3) is 0.923. The van der Waals surface area contributed by atoms with Crippen LogP contribution in [0.3, 0.4) is 0 Å². The summed E-state index contributed by atoms with van der Waals surface area (Å²) in [4.78, 5) is 14.3. The van der Waals surface area contributed by atoms with Crippen LogP contribution in [0.4, 0.5) is 0 Å². The molecular formula is C13H24N2O2. The zero-order valence-electron chi connectivity index (χ0n) is 11.1. The molecule has 1 N–H and O–H groups in total. The standard InChI is InChI=1S/C13H24N2O2/c1-9(2)6-12-13(16)15(8-14-12)10(3)11-4-5-17-7-11/h9-12,14H,4-8H2,1-3H3. The summed E-state index contributed by atoms with van der Waals surface area (Å²) in [5.41, 5.74) is 0. The molecule has 2 fully saturated rings.